The highest BCUT2D eigenvalue weighted by Crippen LogP contribution is 2.31. The Balaban J connectivity index is 1.70. The third kappa shape index (κ3) is 3.53. The fourth-order valence-electron chi connectivity index (χ4n) is 3.10. The Hall–Kier alpha value is -3.22. The van der Waals surface area contributed by atoms with Gasteiger partial charge in [-0.15, -0.1) is 0 Å². The third-order valence-corrected chi connectivity index (χ3v) is 4.53. The molecule has 3 aromatic rings. The number of pyridine rings is 2. The van der Waals surface area contributed by atoms with E-state index < -0.39 is 5.82 Å². The van der Waals surface area contributed by atoms with E-state index in [0.29, 0.717) is 36.7 Å². The molecular weight excluding hydrogens is 349 g/mol. The van der Waals surface area contributed by atoms with Crippen molar-refractivity contribution < 1.29 is 18.7 Å². The molecule has 1 aliphatic rings. The van der Waals surface area contributed by atoms with Gasteiger partial charge in [-0.1, -0.05) is 0 Å². The van der Waals surface area contributed by atoms with E-state index >= 15 is 0 Å². The van der Waals surface area contributed by atoms with Crippen molar-refractivity contribution in [2.45, 2.75) is 6.42 Å². The molecule has 1 saturated heterocycles. The van der Waals surface area contributed by atoms with Crippen LogP contribution in [0.15, 0.2) is 42.6 Å². The molecule has 1 N–H and O–H groups in total. The quantitative estimate of drug-likeness (QED) is 0.751. The predicted molar refractivity (Wildman–Crippen MR) is 98.1 cm³/mol. The molecule has 2 aromatic heterocycles. The van der Waals surface area contributed by atoms with Gasteiger partial charge in [-0.2, -0.15) is 0 Å². The van der Waals surface area contributed by atoms with Crippen LogP contribution in [-0.4, -0.2) is 36.1 Å². The number of amides is 1. The minimum absolute atomic E-state index is 0.0373. The monoisotopic (exact) mass is 367 g/mol. The minimum Gasteiger partial charge on any atom is -0.494 e. The van der Waals surface area contributed by atoms with Crippen LogP contribution in [0, 0.1) is 11.7 Å². The summed E-state index contributed by atoms with van der Waals surface area (Å²) in [6, 6.07) is 10.1. The second-order valence-electron chi connectivity index (χ2n) is 6.42. The SMILES string of the molecule is COc1cc(-c2cc3ncccc3c(OC[C@H]3CNC(=O)C3)n2)ccc1F. The molecule has 6 nitrogen and oxygen atoms in total. The van der Waals surface area contributed by atoms with Crippen LogP contribution in [0.3, 0.4) is 0 Å². The van der Waals surface area contributed by atoms with Crippen LogP contribution in [0.4, 0.5) is 4.39 Å². The van der Waals surface area contributed by atoms with Crippen molar-refractivity contribution in [2.24, 2.45) is 5.92 Å². The Kier molecular flexibility index (Phi) is 4.58. The van der Waals surface area contributed by atoms with Gasteiger partial charge in [-0.05, 0) is 36.4 Å². The van der Waals surface area contributed by atoms with E-state index in [1.54, 1.807) is 18.3 Å². The number of fused-ring (bicyclic) bond motifs is 1. The van der Waals surface area contributed by atoms with Gasteiger partial charge in [0.2, 0.25) is 11.8 Å². The number of rotatable bonds is 5. The number of nitrogens with zero attached hydrogens (tertiary/aromatic N) is 2. The maximum Gasteiger partial charge on any atom is 0.223 e. The second kappa shape index (κ2) is 7.19. The highest BCUT2D eigenvalue weighted by molar-refractivity contribution is 5.87. The summed E-state index contributed by atoms with van der Waals surface area (Å²) in [6.45, 7) is 0.982. The zero-order valence-electron chi connectivity index (χ0n) is 14.7. The summed E-state index contributed by atoms with van der Waals surface area (Å²) in [7, 11) is 1.42. The molecule has 1 fully saturated rings. The summed E-state index contributed by atoms with van der Waals surface area (Å²) in [6.07, 6.45) is 2.14. The Bertz CT molecular complexity index is 1010. The Morgan fingerprint density at radius 1 is 1.30 bits per heavy atom. The van der Waals surface area contributed by atoms with Gasteiger partial charge in [0, 0.05) is 30.6 Å². The number of methoxy groups -OCH3 is 1. The molecule has 1 amide bonds. The molecule has 0 spiro atoms. The minimum atomic E-state index is -0.435. The van der Waals surface area contributed by atoms with Crippen LogP contribution >= 0.6 is 0 Å². The summed E-state index contributed by atoms with van der Waals surface area (Å²) >= 11 is 0. The largest absolute Gasteiger partial charge is 0.494 e. The van der Waals surface area contributed by atoms with Crippen molar-refractivity contribution in [3.8, 4) is 22.9 Å². The zero-order chi connectivity index (χ0) is 18.8. The maximum atomic E-state index is 13.7. The van der Waals surface area contributed by atoms with Gasteiger partial charge < -0.3 is 14.8 Å². The Morgan fingerprint density at radius 3 is 2.96 bits per heavy atom. The summed E-state index contributed by atoms with van der Waals surface area (Å²) < 4.78 is 24.7. The number of ether oxygens (including phenoxy) is 2. The topological polar surface area (TPSA) is 73.3 Å². The molecule has 1 aromatic carbocycles. The van der Waals surface area contributed by atoms with Crippen LogP contribution in [0.2, 0.25) is 0 Å². The number of hydrogen-bond donors (Lipinski definition) is 1. The van der Waals surface area contributed by atoms with Gasteiger partial charge in [0.25, 0.3) is 0 Å². The number of carbonyl (C=O) groups is 1. The molecule has 1 atom stereocenters. The summed E-state index contributed by atoms with van der Waals surface area (Å²) in [5, 5.41) is 3.58. The molecule has 0 bridgehead atoms. The molecule has 0 saturated carbocycles. The van der Waals surface area contributed by atoms with Gasteiger partial charge in [0.1, 0.15) is 0 Å². The number of hydrogen-bond acceptors (Lipinski definition) is 5. The van der Waals surface area contributed by atoms with E-state index in [9.17, 15) is 9.18 Å². The Morgan fingerprint density at radius 2 is 2.19 bits per heavy atom. The fraction of sp³-hybridized carbons (Fsp3) is 0.250. The molecule has 0 unspecified atom stereocenters. The molecule has 0 aliphatic carbocycles. The first-order valence-corrected chi connectivity index (χ1v) is 8.63. The molecule has 4 rings (SSSR count). The van der Waals surface area contributed by atoms with Gasteiger partial charge in [0.05, 0.1) is 30.3 Å². The van der Waals surface area contributed by atoms with E-state index in [-0.39, 0.29) is 17.6 Å². The lowest BCUT2D eigenvalue weighted by molar-refractivity contribution is -0.119. The van der Waals surface area contributed by atoms with E-state index in [1.165, 1.54) is 13.2 Å². The first kappa shape index (κ1) is 17.2. The van der Waals surface area contributed by atoms with Crippen LogP contribution in [0.25, 0.3) is 22.2 Å². The van der Waals surface area contributed by atoms with Crippen molar-refractivity contribution in [1.82, 2.24) is 15.3 Å². The molecule has 3 heterocycles. The second-order valence-corrected chi connectivity index (χ2v) is 6.42. The standard InChI is InChI=1S/C20H18FN3O3/c1-26-18-8-13(4-5-15(18)21)16-9-17-14(3-2-6-22-17)20(24-16)27-11-12-7-19(25)23-10-12/h2-6,8-9,12H,7,10-11H2,1H3,(H,23,25)/t12-/m1/s1. The third-order valence-electron chi connectivity index (χ3n) is 4.53. The number of nitrogens with one attached hydrogen (secondary N) is 1. The molecule has 27 heavy (non-hydrogen) atoms. The number of benzene rings is 1. The van der Waals surface area contributed by atoms with Crippen molar-refractivity contribution in [1.29, 1.82) is 0 Å². The molecular formula is C20H18FN3O3. The molecule has 0 radical (unpaired) electrons. The van der Waals surface area contributed by atoms with E-state index in [0.717, 1.165) is 10.9 Å². The lowest BCUT2D eigenvalue weighted by Gasteiger charge is -2.13. The van der Waals surface area contributed by atoms with E-state index in [1.807, 2.05) is 18.2 Å². The lowest BCUT2D eigenvalue weighted by atomic mass is 10.1. The van der Waals surface area contributed by atoms with Crippen molar-refractivity contribution in [3.63, 3.8) is 0 Å². The van der Waals surface area contributed by atoms with Gasteiger partial charge in [0.15, 0.2) is 11.6 Å². The molecule has 138 valence electrons. The first-order valence-electron chi connectivity index (χ1n) is 8.63. The van der Waals surface area contributed by atoms with Crippen molar-refractivity contribution >= 4 is 16.8 Å². The fourth-order valence-corrected chi connectivity index (χ4v) is 3.10. The van der Waals surface area contributed by atoms with Gasteiger partial charge >= 0.3 is 0 Å². The average Bonchev–Trinajstić information content (AvgIpc) is 3.11. The highest BCUT2D eigenvalue weighted by Gasteiger charge is 2.22. The number of aromatic nitrogens is 2. The first-order chi connectivity index (χ1) is 13.1. The van der Waals surface area contributed by atoms with E-state index in [4.69, 9.17) is 9.47 Å². The lowest BCUT2D eigenvalue weighted by Crippen LogP contribution is -2.17. The summed E-state index contributed by atoms with van der Waals surface area (Å²) in [5.41, 5.74) is 2.03. The number of carbonyl (C=O) groups excluding carboxylic acids is 1. The van der Waals surface area contributed by atoms with Crippen molar-refractivity contribution in [3.05, 3.63) is 48.4 Å². The van der Waals surface area contributed by atoms with Crippen LogP contribution in [-0.2, 0) is 4.79 Å². The maximum absolute atomic E-state index is 13.7. The predicted octanol–water partition coefficient (Wildman–Crippen LogP) is 2.96. The number of halogens is 1. The van der Waals surface area contributed by atoms with E-state index in [2.05, 4.69) is 15.3 Å². The summed E-state index contributed by atoms with van der Waals surface area (Å²) in [4.78, 5) is 20.4. The highest BCUT2D eigenvalue weighted by atomic mass is 19.1. The zero-order valence-corrected chi connectivity index (χ0v) is 14.7. The Labute approximate surface area is 155 Å². The smallest absolute Gasteiger partial charge is 0.223 e. The van der Waals surface area contributed by atoms with Crippen LogP contribution < -0.4 is 14.8 Å². The average molecular weight is 367 g/mol. The van der Waals surface area contributed by atoms with Gasteiger partial charge in [-0.3, -0.25) is 9.78 Å². The van der Waals surface area contributed by atoms with Crippen LogP contribution in [0.1, 0.15) is 6.42 Å². The molecule has 7 heteroatoms. The molecule has 1 aliphatic heterocycles. The van der Waals surface area contributed by atoms with Gasteiger partial charge in [-0.25, -0.2) is 9.37 Å². The van der Waals surface area contributed by atoms with Crippen LogP contribution in [0.5, 0.6) is 11.6 Å². The van der Waals surface area contributed by atoms with Crippen molar-refractivity contribution in [2.75, 3.05) is 20.3 Å². The normalized spacial score (nSPS) is 16.4. The summed E-state index contributed by atoms with van der Waals surface area (Å²) in [5.74, 6) is 0.303.